The third kappa shape index (κ3) is 3.17. The number of halogens is 1. The van der Waals surface area contributed by atoms with Gasteiger partial charge in [-0.15, -0.1) is 11.3 Å². The predicted octanol–water partition coefficient (Wildman–Crippen LogP) is 3.57. The molecule has 0 bridgehead atoms. The minimum absolute atomic E-state index is 0.0293. The zero-order valence-corrected chi connectivity index (χ0v) is 12.4. The Morgan fingerprint density at radius 3 is 2.83 bits per heavy atom. The van der Waals surface area contributed by atoms with Gasteiger partial charge in [0.1, 0.15) is 5.69 Å². The van der Waals surface area contributed by atoms with Crippen LogP contribution in [0.3, 0.4) is 0 Å². The van der Waals surface area contributed by atoms with Crippen LogP contribution in [-0.4, -0.2) is 22.3 Å². The van der Waals surface area contributed by atoms with Crippen LogP contribution < -0.4 is 0 Å². The maximum atomic E-state index is 12.3. The van der Waals surface area contributed by atoms with E-state index in [0.717, 1.165) is 4.47 Å². The van der Waals surface area contributed by atoms with E-state index in [-0.39, 0.29) is 5.91 Å². The summed E-state index contributed by atoms with van der Waals surface area (Å²) in [6.45, 7) is 3.30. The third-order valence-electron chi connectivity index (χ3n) is 2.54. The molecule has 0 saturated carbocycles. The van der Waals surface area contributed by atoms with Gasteiger partial charge >= 0.3 is 0 Å². The molecule has 1 amide bonds. The number of carbonyl (C=O) groups is 1. The van der Waals surface area contributed by atoms with E-state index in [1.165, 1.54) is 4.88 Å². The second kappa shape index (κ2) is 6.11. The largest absolute Gasteiger partial charge is 0.332 e. The molecular weight excluding hydrogens is 312 g/mol. The highest BCUT2D eigenvalue weighted by Gasteiger charge is 2.15. The highest BCUT2D eigenvalue weighted by atomic mass is 79.9. The van der Waals surface area contributed by atoms with Crippen LogP contribution >= 0.6 is 27.3 Å². The molecule has 0 aliphatic rings. The topological polar surface area (TPSA) is 33.2 Å². The number of amides is 1. The summed E-state index contributed by atoms with van der Waals surface area (Å²) in [4.78, 5) is 19.4. The van der Waals surface area contributed by atoms with E-state index in [0.29, 0.717) is 18.8 Å². The predicted molar refractivity (Wildman–Crippen MR) is 76.7 cm³/mol. The fourth-order valence-electron chi connectivity index (χ4n) is 1.58. The van der Waals surface area contributed by atoms with Crippen molar-refractivity contribution in [3.05, 3.63) is 50.9 Å². The third-order valence-corrected chi connectivity index (χ3v) is 3.87. The molecule has 2 heterocycles. The maximum Gasteiger partial charge on any atom is 0.272 e. The molecule has 0 unspecified atom stereocenters. The molecule has 3 nitrogen and oxygen atoms in total. The van der Waals surface area contributed by atoms with Crippen molar-refractivity contribution in [1.29, 1.82) is 0 Å². The van der Waals surface area contributed by atoms with E-state index in [1.807, 2.05) is 30.5 Å². The molecule has 0 atom stereocenters. The smallest absolute Gasteiger partial charge is 0.272 e. The van der Waals surface area contributed by atoms with E-state index in [1.54, 1.807) is 28.5 Å². The van der Waals surface area contributed by atoms with Crippen LogP contribution in [0.25, 0.3) is 0 Å². The quantitative estimate of drug-likeness (QED) is 0.861. The number of thiophene rings is 1. The first-order chi connectivity index (χ1) is 8.70. The number of nitrogens with zero attached hydrogens (tertiary/aromatic N) is 2. The Labute approximate surface area is 119 Å². The van der Waals surface area contributed by atoms with E-state index in [2.05, 4.69) is 20.9 Å². The van der Waals surface area contributed by atoms with Crippen LogP contribution in [0, 0.1) is 0 Å². The summed E-state index contributed by atoms with van der Waals surface area (Å²) < 4.78 is 0.875. The molecule has 0 aromatic carbocycles. The van der Waals surface area contributed by atoms with Crippen molar-refractivity contribution in [1.82, 2.24) is 9.88 Å². The first-order valence-electron chi connectivity index (χ1n) is 5.64. The average Bonchev–Trinajstić information content (AvgIpc) is 2.89. The van der Waals surface area contributed by atoms with Crippen molar-refractivity contribution < 1.29 is 4.79 Å². The molecule has 2 aromatic rings. The Morgan fingerprint density at radius 1 is 1.44 bits per heavy atom. The first kappa shape index (κ1) is 13.2. The normalized spacial score (nSPS) is 10.3. The molecule has 0 radical (unpaired) electrons. The molecule has 18 heavy (non-hydrogen) atoms. The molecule has 0 aliphatic carbocycles. The van der Waals surface area contributed by atoms with Crippen molar-refractivity contribution >= 4 is 33.2 Å². The standard InChI is InChI=1S/C13H13BrN2OS/c1-2-16(9-11-4-3-7-18-11)13(17)12-6-5-10(14)8-15-12/h3-8H,2,9H2,1H3. The minimum atomic E-state index is -0.0293. The van der Waals surface area contributed by atoms with E-state index in [9.17, 15) is 4.79 Å². The monoisotopic (exact) mass is 324 g/mol. The van der Waals surface area contributed by atoms with Crippen molar-refractivity contribution in [2.45, 2.75) is 13.5 Å². The number of rotatable bonds is 4. The summed E-state index contributed by atoms with van der Waals surface area (Å²) in [5.41, 5.74) is 0.483. The Morgan fingerprint density at radius 2 is 2.28 bits per heavy atom. The molecule has 0 spiro atoms. The van der Waals surface area contributed by atoms with Crippen molar-refractivity contribution in [2.75, 3.05) is 6.54 Å². The van der Waals surface area contributed by atoms with E-state index < -0.39 is 0 Å². The van der Waals surface area contributed by atoms with Crippen molar-refractivity contribution in [3.63, 3.8) is 0 Å². The van der Waals surface area contributed by atoms with E-state index >= 15 is 0 Å². The second-order valence-electron chi connectivity index (χ2n) is 3.76. The van der Waals surface area contributed by atoms with Crippen LogP contribution in [0.2, 0.25) is 0 Å². The van der Waals surface area contributed by atoms with Gasteiger partial charge in [0.05, 0.1) is 6.54 Å². The van der Waals surface area contributed by atoms with Gasteiger partial charge in [0.25, 0.3) is 5.91 Å². The zero-order valence-electron chi connectivity index (χ0n) is 9.97. The van der Waals surface area contributed by atoms with Crippen LogP contribution in [0.5, 0.6) is 0 Å². The summed E-state index contributed by atoms with van der Waals surface area (Å²) in [5, 5.41) is 2.02. The molecule has 0 fully saturated rings. The minimum Gasteiger partial charge on any atom is -0.332 e. The summed E-state index contributed by atoms with van der Waals surface area (Å²) in [7, 11) is 0. The van der Waals surface area contributed by atoms with Gasteiger partial charge in [0.2, 0.25) is 0 Å². The van der Waals surface area contributed by atoms with Gasteiger partial charge in [-0.05, 0) is 46.4 Å². The van der Waals surface area contributed by atoms with Gasteiger partial charge in [-0.2, -0.15) is 0 Å². The molecule has 5 heteroatoms. The number of carbonyl (C=O) groups excluding carboxylic acids is 1. The van der Waals surface area contributed by atoms with Crippen molar-refractivity contribution in [3.8, 4) is 0 Å². The number of pyridine rings is 1. The average molecular weight is 325 g/mol. The fraction of sp³-hybridized carbons (Fsp3) is 0.231. The number of aromatic nitrogens is 1. The van der Waals surface area contributed by atoms with Gasteiger partial charge in [0, 0.05) is 22.1 Å². The lowest BCUT2D eigenvalue weighted by Crippen LogP contribution is -2.30. The Hall–Kier alpha value is -1.20. The number of hydrogen-bond donors (Lipinski definition) is 0. The van der Waals surface area contributed by atoms with Crippen LogP contribution in [-0.2, 0) is 6.54 Å². The van der Waals surface area contributed by atoms with Gasteiger partial charge in [-0.3, -0.25) is 4.79 Å². The molecular formula is C13H13BrN2OS. The lowest BCUT2D eigenvalue weighted by atomic mass is 10.3. The zero-order chi connectivity index (χ0) is 13.0. The Balaban J connectivity index is 2.12. The molecule has 0 aliphatic heterocycles. The summed E-state index contributed by atoms with van der Waals surface area (Å²) in [6.07, 6.45) is 1.65. The van der Waals surface area contributed by atoms with E-state index in [4.69, 9.17) is 0 Å². The number of hydrogen-bond acceptors (Lipinski definition) is 3. The highest BCUT2D eigenvalue weighted by molar-refractivity contribution is 9.10. The molecule has 2 rings (SSSR count). The summed E-state index contributed by atoms with van der Waals surface area (Å²) in [5.74, 6) is -0.0293. The SMILES string of the molecule is CCN(Cc1cccs1)C(=O)c1ccc(Br)cn1. The summed E-state index contributed by atoms with van der Waals surface area (Å²) in [6, 6.07) is 7.61. The molecule has 2 aromatic heterocycles. The molecule has 94 valence electrons. The lowest BCUT2D eigenvalue weighted by Gasteiger charge is -2.19. The maximum absolute atomic E-state index is 12.3. The lowest BCUT2D eigenvalue weighted by molar-refractivity contribution is 0.0748. The second-order valence-corrected chi connectivity index (χ2v) is 5.71. The fourth-order valence-corrected chi connectivity index (χ4v) is 2.54. The van der Waals surface area contributed by atoms with Crippen LogP contribution in [0.15, 0.2) is 40.3 Å². The van der Waals surface area contributed by atoms with Gasteiger partial charge < -0.3 is 4.90 Å². The van der Waals surface area contributed by atoms with Gasteiger partial charge in [-0.25, -0.2) is 4.98 Å². The van der Waals surface area contributed by atoms with Crippen LogP contribution in [0.1, 0.15) is 22.3 Å². The molecule has 0 N–H and O–H groups in total. The molecule has 0 saturated heterocycles. The summed E-state index contributed by atoms with van der Waals surface area (Å²) >= 11 is 4.97. The first-order valence-corrected chi connectivity index (χ1v) is 7.31. The highest BCUT2D eigenvalue weighted by Crippen LogP contribution is 2.14. The van der Waals surface area contributed by atoms with Crippen molar-refractivity contribution in [2.24, 2.45) is 0 Å². The Kier molecular flexibility index (Phi) is 4.49. The van der Waals surface area contributed by atoms with Gasteiger partial charge in [0.15, 0.2) is 0 Å². The van der Waals surface area contributed by atoms with Crippen LogP contribution in [0.4, 0.5) is 0 Å². The Bertz CT molecular complexity index is 510. The van der Waals surface area contributed by atoms with Gasteiger partial charge in [-0.1, -0.05) is 6.07 Å².